The van der Waals surface area contributed by atoms with Gasteiger partial charge in [0, 0.05) is 31.9 Å². The summed E-state index contributed by atoms with van der Waals surface area (Å²) in [5, 5.41) is 3.55. The maximum absolute atomic E-state index is 13.3. The number of para-hydroxylation sites is 1. The van der Waals surface area contributed by atoms with Crippen molar-refractivity contribution in [2.24, 2.45) is 0 Å². The number of amides is 2. The number of halogens is 3. The predicted octanol–water partition coefficient (Wildman–Crippen LogP) is 4.49. The Morgan fingerprint density at radius 3 is 2.25 bits per heavy atom. The number of anilines is 2. The minimum atomic E-state index is -0.263. The van der Waals surface area contributed by atoms with E-state index in [0.717, 1.165) is 5.69 Å². The maximum atomic E-state index is 13.3. The lowest BCUT2D eigenvalue weighted by molar-refractivity contribution is 0.208. The van der Waals surface area contributed by atoms with Crippen molar-refractivity contribution in [1.82, 2.24) is 4.90 Å². The van der Waals surface area contributed by atoms with E-state index in [9.17, 15) is 9.18 Å². The molecule has 4 nitrogen and oxygen atoms in total. The van der Waals surface area contributed by atoms with Crippen molar-refractivity contribution in [1.29, 1.82) is 0 Å². The Bertz CT molecular complexity index is 728. The summed E-state index contributed by atoms with van der Waals surface area (Å²) in [6, 6.07) is 11.3. The van der Waals surface area contributed by atoms with E-state index in [-0.39, 0.29) is 11.8 Å². The lowest BCUT2D eigenvalue weighted by Crippen LogP contribution is -2.50. The van der Waals surface area contributed by atoms with E-state index in [2.05, 4.69) is 10.2 Å². The first-order chi connectivity index (χ1) is 11.5. The molecule has 2 aromatic carbocycles. The molecule has 0 bridgehead atoms. The molecule has 2 amide bonds. The molecule has 1 aliphatic heterocycles. The van der Waals surface area contributed by atoms with E-state index in [1.165, 1.54) is 12.1 Å². The molecule has 0 aliphatic carbocycles. The normalized spacial score (nSPS) is 14.6. The fourth-order valence-electron chi connectivity index (χ4n) is 2.64. The molecule has 1 aliphatic rings. The second-order valence-corrected chi connectivity index (χ2v) is 6.30. The Labute approximate surface area is 149 Å². The van der Waals surface area contributed by atoms with Crippen molar-refractivity contribution in [2.75, 3.05) is 36.4 Å². The van der Waals surface area contributed by atoms with Gasteiger partial charge >= 0.3 is 6.03 Å². The first kappa shape index (κ1) is 16.9. The van der Waals surface area contributed by atoms with Crippen molar-refractivity contribution in [3.8, 4) is 0 Å². The highest BCUT2D eigenvalue weighted by molar-refractivity contribution is 6.39. The Balaban J connectivity index is 1.61. The van der Waals surface area contributed by atoms with Crippen LogP contribution in [0.2, 0.25) is 10.0 Å². The van der Waals surface area contributed by atoms with Gasteiger partial charge in [0.15, 0.2) is 0 Å². The summed E-state index contributed by atoms with van der Waals surface area (Å²) in [7, 11) is 0. The zero-order valence-electron chi connectivity index (χ0n) is 12.8. The first-order valence-corrected chi connectivity index (χ1v) is 8.30. The summed E-state index contributed by atoms with van der Waals surface area (Å²) in [4.78, 5) is 16.1. The van der Waals surface area contributed by atoms with Crippen LogP contribution in [-0.4, -0.2) is 37.1 Å². The van der Waals surface area contributed by atoms with Gasteiger partial charge in [0.25, 0.3) is 0 Å². The van der Waals surface area contributed by atoms with E-state index < -0.39 is 0 Å². The van der Waals surface area contributed by atoms with E-state index in [1.807, 2.05) is 6.07 Å². The Kier molecular flexibility index (Phi) is 5.11. The van der Waals surface area contributed by atoms with Crippen LogP contribution in [0.25, 0.3) is 0 Å². The molecule has 24 heavy (non-hydrogen) atoms. The summed E-state index contributed by atoms with van der Waals surface area (Å²) < 4.78 is 13.3. The molecule has 126 valence electrons. The van der Waals surface area contributed by atoms with Crippen molar-refractivity contribution in [2.45, 2.75) is 0 Å². The molecular weight excluding hydrogens is 352 g/mol. The standard InChI is InChI=1S/C17H16Cl2FN3O/c18-14-5-2-6-15(19)16(14)21-17(24)23-9-7-22(8-10-23)13-4-1-3-12(20)11-13/h1-6,11H,7-10H2,(H,21,24). The SMILES string of the molecule is O=C(Nc1c(Cl)cccc1Cl)N1CCN(c2cccc(F)c2)CC1. The van der Waals surface area contributed by atoms with Crippen molar-refractivity contribution < 1.29 is 9.18 Å². The zero-order valence-corrected chi connectivity index (χ0v) is 14.3. The molecule has 7 heteroatoms. The molecule has 0 saturated carbocycles. The summed E-state index contributed by atoms with van der Waals surface area (Å²) in [6.07, 6.45) is 0. The van der Waals surface area contributed by atoms with Crippen LogP contribution >= 0.6 is 23.2 Å². The lowest BCUT2D eigenvalue weighted by atomic mass is 10.2. The fraction of sp³-hybridized carbons (Fsp3) is 0.235. The number of urea groups is 1. The average Bonchev–Trinajstić information content (AvgIpc) is 2.58. The van der Waals surface area contributed by atoms with Crippen LogP contribution in [0.3, 0.4) is 0 Å². The van der Waals surface area contributed by atoms with Crippen molar-refractivity contribution in [3.05, 3.63) is 58.3 Å². The third-order valence-corrected chi connectivity index (χ3v) is 4.56. The summed E-state index contributed by atoms with van der Waals surface area (Å²) in [6.45, 7) is 2.33. The first-order valence-electron chi connectivity index (χ1n) is 7.55. The quantitative estimate of drug-likeness (QED) is 0.848. The molecule has 1 fully saturated rings. The van der Waals surface area contributed by atoms with Crippen LogP contribution < -0.4 is 10.2 Å². The average molecular weight is 368 g/mol. The molecule has 0 atom stereocenters. The number of piperazine rings is 1. The largest absolute Gasteiger partial charge is 0.368 e. The number of rotatable bonds is 2. The highest BCUT2D eigenvalue weighted by atomic mass is 35.5. The van der Waals surface area contributed by atoms with E-state index in [1.54, 1.807) is 29.2 Å². The highest BCUT2D eigenvalue weighted by Crippen LogP contribution is 2.30. The molecule has 1 heterocycles. The van der Waals surface area contributed by atoms with Crippen LogP contribution in [0.1, 0.15) is 0 Å². The third kappa shape index (κ3) is 3.74. The van der Waals surface area contributed by atoms with Gasteiger partial charge in [-0.15, -0.1) is 0 Å². The van der Waals surface area contributed by atoms with Crippen LogP contribution in [-0.2, 0) is 0 Å². The topological polar surface area (TPSA) is 35.6 Å². The van der Waals surface area contributed by atoms with Gasteiger partial charge in [0.05, 0.1) is 15.7 Å². The van der Waals surface area contributed by atoms with E-state index >= 15 is 0 Å². The van der Waals surface area contributed by atoms with Gasteiger partial charge in [0.2, 0.25) is 0 Å². The Hall–Kier alpha value is -1.98. The van der Waals surface area contributed by atoms with Gasteiger partial charge in [-0.25, -0.2) is 9.18 Å². The van der Waals surface area contributed by atoms with Gasteiger partial charge in [-0.3, -0.25) is 0 Å². The summed E-state index contributed by atoms with van der Waals surface area (Å²) in [5.74, 6) is -0.263. The zero-order chi connectivity index (χ0) is 17.1. The lowest BCUT2D eigenvalue weighted by Gasteiger charge is -2.36. The molecule has 0 aromatic heterocycles. The molecule has 0 unspecified atom stereocenters. The third-order valence-electron chi connectivity index (χ3n) is 3.93. The van der Waals surface area contributed by atoms with Gasteiger partial charge in [-0.05, 0) is 30.3 Å². The van der Waals surface area contributed by atoms with Crippen LogP contribution in [0.5, 0.6) is 0 Å². The molecule has 1 saturated heterocycles. The molecular formula is C17H16Cl2FN3O. The second-order valence-electron chi connectivity index (χ2n) is 5.48. The maximum Gasteiger partial charge on any atom is 0.322 e. The van der Waals surface area contributed by atoms with Crippen LogP contribution in [0.4, 0.5) is 20.6 Å². The van der Waals surface area contributed by atoms with Crippen molar-refractivity contribution in [3.63, 3.8) is 0 Å². The Morgan fingerprint density at radius 2 is 1.62 bits per heavy atom. The minimum Gasteiger partial charge on any atom is -0.368 e. The summed E-state index contributed by atoms with van der Waals surface area (Å²) >= 11 is 12.1. The van der Waals surface area contributed by atoms with Crippen molar-refractivity contribution >= 4 is 40.6 Å². The van der Waals surface area contributed by atoms with Gasteiger partial charge < -0.3 is 15.1 Å². The van der Waals surface area contributed by atoms with Crippen LogP contribution in [0, 0.1) is 5.82 Å². The van der Waals surface area contributed by atoms with Gasteiger partial charge in [-0.2, -0.15) is 0 Å². The number of hydrogen-bond acceptors (Lipinski definition) is 2. The monoisotopic (exact) mass is 367 g/mol. The molecule has 3 rings (SSSR count). The minimum absolute atomic E-state index is 0.246. The molecule has 0 spiro atoms. The Morgan fingerprint density at radius 1 is 1.00 bits per heavy atom. The highest BCUT2D eigenvalue weighted by Gasteiger charge is 2.22. The number of nitrogens with zero attached hydrogens (tertiary/aromatic N) is 2. The van der Waals surface area contributed by atoms with E-state index in [0.29, 0.717) is 41.9 Å². The second kappa shape index (κ2) is 7.28. The fourth-order valence-corrected chi connectivity index (χ4v) is 3.14. The van der Waals surface area contributed by atoms with Gasteiger partial charge in [-0.1, -0.05) is 35.3 Å². The van der Waals surface area contributed by atoms with E-state index in [4.69, 9.17) is 23.2 Å². The molecule has 0 radical (unpaired) electrons. The predicted molar refractivity (Wildman–Crippen MR) is 95.7 cm³/mol. The summed E-state index contributed by atoms with van der Waals surface area (Å²) in [5.41, 5.74) is 1.24. The number of carbonyl (C=O) groups is 1. The number of hydrogen-bond donors (Lipinski definition) is 1. The molecule has 2 aromatic rings. The number of carbonyl (C=O) groups excluding carboxylic acids is 1. The number of nitrogens with one attached hydrogen (secondary N) is 1. The number of benzene rings is 2. The van der Waals surface area contributed by atoms with Crippen LogP contribution in [0.15, 0.2) is 42.5 Å². The van der Waals surface area contributed by atoms with Gasteiger partial charge in [0.1, 0.15) is 5.82 Å². The smallest absolute Gasteiger partial charge is 0.322 e. The molecule has 1 N–H and O–H groups in total.